The molecule has 1 aromatic carbocycles. The molecular weight excluding hydrogens is 374 g/mol. The third-order valence-electron chi connectivity index (χ3n) is 5.76. The SMILES string of the molecule is O=C1N2COCN3C(=O)N4Cc5ccccc5CN1C4(C(=O)[O-])C23C(=O)[O-].[Li+].[Li+]. The van der Waals surface area contributed by atoms with Crippen LogP contribution in [0, 0.1) is 0 Å². The molecule has 13 heteroatoms. The van der Waals surface area contributed by atoms with Crippen LogP contribution in [-0.4, -0.2) is 68.4 Å². The molecule has 3 saturated heterocycles. The van der Waals surface area contributed by atoms with Gasteiger partial charge in [0.25, 0.3) is 0 Å². The number of aliphatic carboxylic acids is 2. The van der Waals surface area contributed by atoms with Crippen molar-refractivity contribution < 1.29 is 71.8 Å². The first-order valence-electron chi connectivity index (χ1n) is 8.14. The fraction of sp³-hybridized carbons (Fsp3) is 0.375. The number of carboxylic acid groups (broad SMARTS) is 2. The monoisotopic (exact) mass is 386 g/mol. The van der Waals surface area contributed by atoms with E-state index in [1.807, 2.05) is 0 Å². The topological polar surface area (TPSA) is 137 Å². The number of benzene rings is 1. The van der Waals surface area contributed by atoms with E-state index in [1.54, 1.807) is 24.3 Å². The van der Waals surface area contributed by atoms with Crippen molar-refractivity contribution in [2.24, 2.45) is 0 Å². The standard InChI is InChI=1S/C16H14N4O7.2Li/c21-11(22)15-16(12(23)24)19-7-27-8-20(16)14(26)18(15)6-10-4-2-1-3-9(10)5-17(15)13(19)25;;/h1-4H,5-8H2,(H,21,22)(H,23,24);;/q;2*+1/p-2. The molecule has 0 aliphatic carbocycles. The van der Waals surface area contributed by atoms with E-state index in [0.29, 0.717) is 20.9 Å². The number of hydrogen-bond acceptors (Lipinski definition) is 7. The van der Waals surface area contributed by atoms with Crippen LogP contribution in [0.4, 0.5) is 9.59 Å². The minimum atomic E-state index is -2.58. The van der Waals surface area contributed by atoms with E-state index in [-0.39, 0.29) is 50.8 Å². The second-order valence-corrected chi connectivity index (χ2v) is 6.74. The van der Waals surface area contributed by atoms with Crippen LogP contribution >= 0.6 is 0 Å². The molecule has 5 rings (SSSR count). The van der Waals surface area contributed by atoms with Crippen molar-refractivity contribution in [2.45, 2.75) is 24.4 Å². The maximum absolute atomic E-state index is 13.1. The Hall–Kier alpha value is -2.15. The molecule has 0 spiro atoms. The molecule has 1 aromatic rings. The van der Waals surface area contributed by atoms with Crippen molar-refractivity contribution >= 4 is 24.0 Å². The summed E-state index contributed by atoms with van der Waals surface area (Å²) in [5.41, 5.74) is -3.95. The van der Waals surface area contributed by atoms with Crippen LogP contribution in [-0.2, 0) is 27.4 Å². The Morgan fingerprint density at radius 3 is 1.55 bits per heavy atom. The molecule has 0 unspecified atom stereocenters. The maximum Gasteiger partial charge on any atom is 1.00 e. The zero-order valence-corrected chi connectivity index (χ0v) is 15.8. The molecular formula is C16H12Li2N4O7. The van der Waals surface area contributed by atoms with Crippen LogP contribution < -0.4 is 47.9 Å². The van der Waals surface area contributed by atoms with Gasteiger partial charge in [0.15, 0.2) is 0 Å². The van der Waals surface area contributed by atoms with Gasteiger partial charge in [0.2, 0.25) is 11.3 Å². The van der Waals surface area contributed by atoms with E-state index < -0.39 is 48.8 Å². The first-order chi connectivity index (χ1) is 12.9. The Labute approximate surface area is 188 Å². The molecule has 29 heavy (non-hydrogen) atoms. The minimum absolute atomic E-state index is 0. The predicted octanol–water partition coefficient (Wildman–Crippen LogP) is -8.98. The number of nitrogens with zero attached hydrogens (tertiary/aromatic N) is 4. The Bertz CT molecular complexity index is 889. The molecule has 0 atom stereocenters. The molecule has 0 radical (unpaired) electrons. The van der Waals surface area contributed by atoms with Crippen molar-refractivity contribution in [3.05, 3.63) is 35.4 Å². The van der Waals surface area contributed by atoms with Gasteiger partial charge < -0.3 is 24.5 Å². The van der Waals surface area contributed by atoms with Gasteiger partial charge in [-0.1, -0.05) is 24.3 Å². The Morgan fingerprint density at radius 2 is 1.17 bits per heavy atom. The molecule has 3 fully saturated rings. The summed E-state index contributed by atoms with van der Waals surface area (Å²) in [7, 11) is 0. The van der Waals surface area contributed by atoms with Crippen LogP contribution in [0.15, 0.2) is 24.3 Å². The van der Waals surface area contributed by atoms with E-state index >= 15 is 0 Å². The molecule has 11 nitrogen and oxygen atoms in total. The van der Waals surface area contributed by atoms with Gasteiger partial charge in [-0.05, 0) is 11.1 Å². The fourth-order valence-electron chi connectivity index (χ4n) is 4.71. The van der Waals surface area contributed by atoms with Gasteiger partial charge in [-0.25, -0.2) is 9.59 Å². The van der Waals surface area contributed by atoms with Gasteiger partial charge in [0, 0.05) is 0 Å². The van der Waals surface area contributed by atoms with Gasteiger partial charge in [-0.15, -0.1) is 0 Å². The van der Waals surface area contributed by atoms with Crippen molar-refractivity contribution in [3.63, 3.8) is 0 Å². The predicted molar refractivity (Wildman–Crippen MR) is 78.3 cm³/mol. The summed E-state index contributed by atoms with van der Waals surface area (Å²) in [4.78, 5) is 54.1. The number of hydrogen-bond donors (Lipinski definition) is 0. The van der Waals surface area contributed by atoms with E-state index in [1.165, 1.54) is 0 Å². The fourth-order valence-corrected chi connectivity index (χ4v) is 4.71. The number of carbonyl (C=O) groups is 4. The molecule has 0 aromatic heterocycles. The Morgan fingerprint density at radius 1 is 0.793 bits per heavy atom. The summed E-state index contributed by atoms with van der Waals surface area (Å²) in [5.74, 6) is -3.75. The average Bonchev–Trinajstić information content (AvgIpc) is 2.92. The van der Waals surface area contributed by atoms with Gasteiger partial charge in [-0.2, -0.15) is 0 Å². The van der Waals surface area contributed by atoms with Crippen molar-refractivity contribution in [3.8, 4) is 0 Å². The van der Waals surface area contributed by atoms with E-state index in [4.69, 9.17) is 4.74 Å². The van der Waals surface area contributed by atoms with E-state index in [9.17, 15) is 29.4 Å². The van der Waals surface area contributed by atoms with Crippen LogP contribution in [0.5, 0.6) is 0 Å². The smallest absolute Gasteiger partial charge is 0.545 e. The van der Waals surface area contributed by atoms with E-state index in [2.05, 4.69) is 0 Å². The second-order valence-electron chi connectivity index (χ2n) is 6.74. The Kier molecular flexibility index (Phi) is 4.98. The van der Waals surface area contributed by atoms with Crippen molar-refractivity contribution in [1.29, 1.82) is 0 Å². The molecule has 140 valence electrons. The molecule has 4 aliphatic rings. The number of rotatable bonds is 2. The summed E-state index contributed by atoms with van der Waals surface area (Å²) >= 11 is 0. The first kappa shape index (κ1) is 21.6. The molecule has 4 heterocycles. The summed E-state index contributed by atoms with van der Waals surface area (Å²) < 4.78 is 5.19. The molecule has 0 bridgehead atoms. The molecule has 0 N–H and O–H groups in total. The van der Waals surface area contributed by atoms with Crippen molar-refractivity contribution in [1.82, 2.24) is 19.6 Å². The molecule has 4 aliphatic heterocycles. The molecule has 0 saturated carbocycles. The van der Waals surface area contributed by atoms with E-state index in [0.717, 1.165) is 9.80 Å². The average molecular weight is 386 g/mol. The zero-order valence-electron chi connectivity index (χ0n) is 15.8. The quantitative estimate of drug-likeness (QED) is 0.461. The minimum Gasteiger partial charge on any atom is -0.545 e. The van der Waals surface area contributed by atoms with Crippen LogP contribution in [0.2, 0.25) is 0 Å². The van der Waals surface area contributed by atoms with Gasteiger partial charge in [0.1, 0.15) is 13.5 Å². The van der Waals surface area contributed by atoms with Gasteiger partial charge >= 0.3 is 49.8 Å². The number of fused-ring (bicyclic) bond motifs is 1. The summed E-state index contributed by atoms with van der Waals surface area (Å²) in [6.45, 7) is -1.38. The summed E-state index contributed by atoms with van der Waals surface area (Å²) in [6.07, 6.45) is 0. The second kappa shape index (κ2) is 6.69. The van der Waals surface area contributed by atoms with Gasteiger partial charge in [0.05, 0.1) is 25.0 Å². The van der Waals surface area contributed by atoms with Gasteiger partial charge in [-0.3, -0.25) is 19.6 Å². The first-order valence-corrected chi connectivity index (χ1v) is 8.14. The summed E-state index contributed by atoms with van der Waals surface area (Å²) in [6, 6.07) is 5.02. The number of ether oxygens (including phenoxy) is 1. The van der Waals surface area contributed by atoms with Crippen molar-refractivity contribution in [2.75, 3.05) is 13.5 Å². The zero-order chi connectivity index (χ0) is 19.1. The van der Waals surface area contributed by atoms with Crippen LogP contribution in [0.3, 0.4) is 0 Å². The largest absolute Gasteiger partial charge is 1.00 e. The number of carbonyl (C=O) groups excluding carboxylic acids is 4. The number of carboxylic acids is 2. The third-order valence-corrected chi connectivity index (χ3v) is 5.76. The maximum atomic E-state index is 13.1. The van der Waals surface area contributed by atoms with Crippen LogP contribution in [0.25, 0.3) is 0 Å². The normalized spacial score (nSPS) is 28.8. The van der Waals surface area contributed by atoms with Crippen LogP contribution in [0.1, 0.15) is 11.1 Å². The summed E-state index contributed by atoms with van der Waals surface area (Å²) in [5, 5.41) is 24.8. The Balaban J connectivity index is 0.00000120. The number of urea groups is 2. The molecule has 4 amide bonds. The third kappa shape index (κ3) is 2.09. The number of amides is 4.